The molecular formula is C17H18F2N4O. The van der Waals surface area contributed by atoms with Crippen LogP contribution in [0.15, 0.2) is 42.6 Å². The molecule has 126 valence electrons. The summed E-state index contributed by atoms with van der Waals surface area (Å²) in [4.78, 5) is 20.3. The number of urea groups is 1. The molecule has 3 rings (SSSR count). The Hall–Kier alpha value is -2.54. The zero-order valence-corrected chi connectivity index (χ0v) is 13.1. The number of anilines is 1. The van der Waals surface area contributed by atoms with E-state index in [1.807, 2.05) is 18.2 Å². The minimum Gasteiger partial charge on any atom is -0.322 e. The van der Waals surface area contributed by atoms with Crippen molar-refractivity contribution in [2.45, 2.75) is 6.54 Å². The lowest BCUT2D eigenvalue weighted by atomic mass is 10.2. The lowest BCUT2D eigenvalue weighted by Gasteiger charge is -2.34. The number of nitrogens with zero attached hydrogens (tertiary/aromatic N) is 3. The number of benzene rings is 1. The van der Waals surface area contributed by atoms with Gasteiger partial charge in [0.25, 0.3) is 0 Å². The zero-order valence-electron chi connectivity index (χ0n) is 13.1. The first-order chi connectivity index (χ1) is 11.6. The van der Waals surface area contributed by atoms with Gasteiger partial charge in [0.1, 0.15) is 11.6 Å². The molecule has 0 unspecified atom stereocenters. The maximum absolute atomic E-state index is 13.6. The zero-order chi connectivity index (χ0) is 16.9. The topological polar surface area (TPSA) is 48.5 Å². The molecule has 0 atom stereocenters. The minimum atomic E-state index is -0.780. The average molecular weight is 332 g/mol. The Labute approximate surface area is 138 Å². The van der Waals surface area contributed by atoms with Gasteiger partial charge in [-0.25, -0.2) is 13.6 Å². The van der Waals surface area contributed by atoms with E-state index in [1.54, 1.807) is 11.1 Å². The number of rotatable bonds is 3. The molecule has 0 aliphatic carbocycles. The van der Waals surface area contributed by atoms with E-state index in [4.69, 9.17) is 0 Å². The highest BCUT2D eigenvalue weighted by Crippen LogP contribution is 2.16. The van der Waals surface area contributed by atoms with Crippen LogP contribution in [0.25, 0.3) is 0 Å². The Morgan fingerprint density at radius 3 is 2.58 bits per heavy atom. The van der Waals surface area contributed by atoms with Gasteiger partial charge in [0, 0.05) is 45.0 Å². The summed E-state index contributed by atoms with van der Waals surface area (Å²) in [5.41, 5.74) is 0.973. The summed E-state index contributed by atoms with van der Waals surface area (Å²) >= 11 is 0. The summed E-state index contributed by atoms with van der Waals surface area (Å²) in [5, 5.41) is 2.49. The first-order valence-corrected chi connectivity index (χ1v) is 7.75. The third kappa shape index (κ3) is 4.05. The molecule has 1 aliphatic rings. The first-order valence-electron chi connectivity index (χ1n) is 7.75. The van der Waals surface area contributed by atoms with E-state index < -0.39 is 11.6 Å². The van der Waals surface area contributed by atoms with Crippen LogP contribution >= 0.6 is 0 Å². The van der Waals surface area contributed by atoms with Crippen molar-refractivity contribution in [3.8, 4) is 0 Å². The maximum Gasteiger partial charge on any atom is 0.322 e. The number of pyridine rings is 1. The number of halogens is 2. The van der Waals surface area contributed by atoms with Crippen LogP contribution in [-0.4, -0.2) is 47.0 Å². The number of piperazine rings is 1. The van der Waals surface area contributed by atoms with Crippen LogP contribution < -0.4 is 5.32 Å². The Balaban J connectivity index is 1.51. The molecule has 5 nitrogen and oxygen atoms in total. The van der Waals surface area contributed by atoms with Gasteiger partial charge in [-0.3, -0.25) is 9.88 Å². The first kappa shape index (κ1) is 16.3. The predicted octanol–water partition coefficient (Wildman–Crippen LogP) is 2.71. The molecule has 2 heterocycles. The average Bonchev–Trinajstić information content (AvgIpc) is 2.59. The second-order valence-electron chi connectivity index (χ2n) is 5.64. The Bertz CT molecular complexity index is 703. The summed E-state index contributed by atoms with van der Waals surface area (Å²) in [6.45, 7) is 3.26. The number of hydrogen-bond donors (Lipinski definition) is 1. The molecule has 24 heavy (non-hydrogen) atoms. The van der Waals surface area contributed by atoms with Crippen LogP contribution in [0.2, 0.25) is 0 Å². The molecule has 7 heteroatoms. The SMILES string of the molecule is O=C(Nc1ccc(F)cc1F)N1CCN(Cc2ccccn2)CC1. The third-order valence-corrected chi connectivity index (χ3v) is 3.94. The van der Waals surface area contributed by atoms with E-state index in [0.29, 0.717) is 13.1 Å². The quantitative estimate of drug-likeness (QED) is 0.940. The van der Waals surface area contributed by atoms with Crippen molar-refractivity contribution in [1.29, 1.82) is 0 Å². The number of hydrogen-bond acceptors (Lipinski definition) is 3. The molecule has 1 aliphatic heterocycles. The van der Waals surface area contributed by atoms with Crippen molar-refractivity contribution in [3.05, 3.63) is 59.9 Å². The maximum atomic E-state index is 13.6. The number of aromatic nitrogens is 1. The Morgan fingerprint density at radius 1 is 1.12 bits per heavy atom. The molecule has 0 bridgehead atoms. The summed E-state index contributed by atoms with van der Waals surface area (Å²) < 4.78 is 26.5. The summed E-state index contributed by atoms with van der Waals surface area (Å²) in [7, 11) is 0. The standard InChI is InChI=1S/C17H18F2N4O/c18-13-4-5-16(15(19)11-13)21-17(24)23-9-7-22(8-10-23)12-14-3-1-2-6-20-14/h1-6,11H,7-10,12H2,(H,21,24). The van der Waals surface area contributed by atoms with E-state index in [-0.39, 0.29) is 11.7 Å². The molecule has 0 spiro atoms. The second-order valence-corrected chi connectivity index (χ2v) is 5.64. The summed E-state index contributed by atoms with van der Waals surface area (Å²) in [6.07, 6.45) is 1.76. The van der Waals surface area contributed by atoms with Crippen LogP contribution in [0.5, 0.6) is 0 Å². The molecule has 1 saturated heterocycles. The molecule has 1 aromatic carbocycles. The smallest absolute Gasteiger partial charge is 0.322 e. The normalized spacial score (nSPS) is 15.3. The summed E-state index contributed by atoms with van der Waals surface area (Å²) in [5.74, 6) is -1.45. The highest BCUT2D eigenvalue weighted by molar-refractivity contribution is 5.89. The van der Waals surface area contributed by atoms with Crippen LogP contribution in [0.1, 0.15) is 5.69 Å². The minimum absolute atomic E-state index is 0.0164. The van der Waals surface area contributed by atoms with E-state index in [9.17, 15) is 13.6 Å². The van der Waals surface area contributed by atoms with Gasteiger partial charge >= 0.3 is 6.03 Å². The van der Waals surface area contributed by atoms with Crippen molar-refractivity contribution in [3.63, 3.8) is 0 Å². The van der Waals surface area contributed by atoms with Crippen molar-refractivity contribution in [2.24, 2.45) is 0 Å². The van der Waals surface area contributed by atoms with Crippen molar-refractivity contribution >= 4 is 11.7 Å². The van der Waals surface area contributed by atoms with E-state index >= 15 is 0 Å². The number of carbonyl (C=O) groups is 1. The van der Waals surface area contributed by atoms with E-state index in [2.05, 4.69) is 15.2 Å². The van der Waals surface area contributed by atoms with Gasteiger partial charge < -0.3 is 10.2 Å². The molecular weight excluding hydrogens is 314 g/mol. The third-order valence-electron chi connectivity index (χ3n) is 3.94. The number of nitrogens with one attached hydrogen (secondary N) is 1. The van der Waals surface area contributed by atoms with Crippen molar-refractivity contribution in [1.82, 2.24) is 14.8 Å². The molecule has 1 fully saturated rings. The monoisotopic (exact) mass is 332 g/mol. The highest BCUT2D eigenvalue weighted by atomic mass is 19.1. The van der Waals surface area contributed by atoms with Crippen LogP contribution in [0.3, 0.4) is 0 Å². The van der Waals surface area contributed by atoms with Gasteiger partial charge in [0.2, 0.25) is 0 Å². The fraction of sp³-hybridized carbons (Fsp3) is 0.294. The molecule has 0 radical (unpaired) electrons. The Morgan fingerprint density at radius 2 is 1.92 bits per heavy atom. The van der Waals surface area contributed by atoms with E-state index in [1.165, 1.54) is 6.07 Å². The highest BCUT2D eigenvalue weighted by Gasteiger charge is 2.22. The summed E-state index contributed by atoms with van der Waals surface area (Å²) in [6, 6.07) is 8.50. The number of amides is 2. The number of carbonyl (C=O) groups excluding carboxylic acids is 1. The van der Waals surface area contributed by atoms with Gasteiger partial charge in [-0.1, -0.05) is 6.07 Å². The molecule has 1 aromatic heterocycles. The second kappa shape index (κ2) is 7.35. The van der Waals surface area contributed by atoms with Crippen LogP contribution in [0, 0.1) is 11.6 Å². The van der Waals surface area contributed by atoms with Gasteiger partial charge in [0.05, 0.1) is 11.4 Å². The largest absolute Gasteiger partial charge is 0.322 e. The van der Waals surface area contributed by atoms with Gasteiger partial charge in [0.15, 0.2) is 0 Å². The van der Waals surface area contributed by atoms with Crippen molar-refractivity contribution < 1.29 is 13.6 Å². The fourth-order valence-corrected chi connectivity index (χ4v) is 2.61. The van der Waals surface area contributed by atoms with Gasteiger partial charge in [-0.15, -0.1) is 0 Å². The van der Waals surface area contributed by atoms with Crippen LogP contribution in [-0.2, 0) is 6.54 Å². The lowest BCUT2D eigenvalue weighted by molar-refractivity contribution is 0.142. The van der Waals surface area contributed by atoms with Crippen LogP contribution in [0.4, 0.5) is 19.3 Å². The molecule has 2 aromatic rings. The van der Waals surface area contributed by atoms with Gasteiger partial charge in [-0.05, 0) is 24.3 Å². The van der Waals surface area contributed by atoms with E-state index in [0.717, 1.165) is 37.5 Å². The molecule has 2 amide bonds. The molecule has 0 saturated carbocycles. The Kier molecular flexibility index (Phi) is 5.00. The predicted molar refractivity (Wildman–Crippen MR) is 86.5 cm³/mol. The lowest BCUT2D eigenvalue weighted by Crippen LogP contribution is -2.49. The van der Waals surface area contributed by atoms with Gasteiger partial charge in [-0.2, -0.15) is 0 Å². The van der Waals surface area contributed by atoms with Crippen molar-refractivity contribution in [2.75, 3.05) is 31.5 Å². The fourth-order valence-electron chi connectivity index (χ4n) is 2.61. The molecule has 1 N–H and O–H groups in total.